The Balaban J connectivity index is 1.41. The number of amides is 1. The van der Waals surface area contributed by atoms with Gasteiger partial charge in [0.1, 0.15) is 24.5 Å². The number of cyclic esters (lactones) is 1. The molecule has 148 valence electrons. The number of aryl methyl sites for hydroxylation is 1. The van der Waals surface area contributed by atoms with Crippen molar-refractivity contribution in [1.82, 2.24) is 10.2 Å². The summed E-state index contributed by atoms with van der Waals surface area (Å²) < 4.78 is 24.9. The first-order chi connectivity index (χ1) is 13.6. The molecule has 1 aromatic carbocycles. The van der Waals surface area contributed by atoms with Gasteiger partial charge in [0.2, 0.25) is 0 Å². The van der Waals surface area contributed by atoms with E-state index in [2.05, 4.69) is 10.3 Å². The van der Waals surface area contributed by atoms with Crippen molar-refractivity contribution in [3.05, 3.63) is 42.0 Å². The lowest BCUT2D eigenvalue weighted by Crippen LogP contribution is -2.38. The highest BCUT2D eigenvalue weighted by Gasteiger charge is 2.32. The van der Waals surface area contributed by atoms with E-state index in [1.54, 1.807) is 29.4 Å². The number of anilines is 2. The summed E-state index contributed by atoms with van der Waals surface area (Å²) in [6.45, 7) is 4.62. The van der Waals surface area contributed by atoms with Gasteiger partial charge in [0.15, 0.2) is 0 Å². The Bertz CT molecular complexity index is 857. The van der Waals surface area contributed by atoms with Gasteiger partial charge >= 0.3 is 6.09 Å². The van der Waals surface area contributed by atoms with E-state index in [1.165, 1.54) is 17.2 Å². The van der Waals surface area contributed by atoms with Gasteiger partial charge in [0, 0.05) is 19.2 Å². The van der Waals surface area contributed by atoms with Crippen LogP contribution in [0.4, 0.5) is 20.6 Å². The third-order valence-electron chi connectivity index (χ3n) is 4.96. The van der Waals surface area contributed by atoms with Crippen LogP contribution in [0.3, 0.4) is 0 Å². The summed E-state index contributed by atoms with van der Waals surface area (Å²) in [6.07, 6.45) is 3.71. The topological polar surface area (TPSA) is 74.4 Å². The molecular formula is C19H22FN5O3. The summed E-state index contributed by atoms with van der Waals surface area (Å²) in [7, 11) is 0. The third-order valence-corrected chi connectivity index (χ3v) is 4.96. The van der Waals surface area contributed by atoms with Crippen LogP contribution in [0, 0.1) is 5.82 Å². The molecule has 0 saturated carbocycles. The fraction of sp³-hybridized carbons (Fsp3) is 0.421. The SMILES string of the molecule is CCN1CCN(c2ccc(N3C[C@H](CCc4ccon4)OC3=O)cc2F)C=N1. The molecule has 4 rings (SSSR count). The second-order valence-corrected chi connectivity index (χ2v) is 6.75. The minimum Gasteiger partial charge on any atom is -0.444 e. The largest absolute Gasteiger partial charge is 0.444 e. The number of hydrogen-bond acceptors (Lipinski definition) is 7. The molecule has 3 heterocycles. The first-order valence-corrected chi connectivity index (χ1v) is 9.36. The van der Waals surface area contributed by atoms with Crippen LogP contribution >= 0.6 is 0 Å². The number of benzene rings is 1. The number of carbonyl (C=O) groups is 1. The van der Waals surface area contributed by atoms with Crippen LogP contribution in [0.2, 0.25) is 0 Å². The number of likely N-dealkylation sites (N-methyl/N-ethyl adjacent to an activating group) is 1. The van der Waals surface area contributed by atoms with Crippen molar-refractivity contribution in [3.8, 4) is 0 Å². The number of hydrogen-bond donors (Lipinski definition) is 0. The van der Waals surface area contributed by atoms with Crippen LogP contribution in [0.25, 0.3) is 0 Å². The summed E-state index contributed by atoms with van der Waals surface area (Å²) in [4.78, 5) is 15.5. The van der Waals surface area contributed by atoms with Crippen molar-refractivity contribution in [2.45, 2.75) is 25.9 Å². The number of hydrazone groups is 1. The van der Waals surface area contributed by atoms with Gasteiger partial charge in [-0.2, -0.15) is 5.10 Å². The number of nitrogens with zero attached hydrogens (tertiary/aromatic N) is 5. The number of rotatable bonds is 6. The maximum absolute atomic E-state index is 14.7. The zero-order valence-corrected chi connectivity index (χ0v) is 15.6. The second kappa shape index (κ2) is 7.87. The molecule has 8 nitrogen and oxygen atoms in total. The highest BCUT2D eigenvalue weighted by Crippen LogP contribution is 2.29. The molecule has 28 heavy (non-hydrogen) atoms. The molecule has 9 heteroatoms. The molecule has 1 fully saturated rings. The number of aromatic nitrogens is 1. The standard InChI is InChI=1S/C19H22FN5O3/c1-2-24-9-8-23(13-21-24)18-6-4-15(11-17(18)20)25-12-16(28-19(25)26)5-3-14-7-10-27-22-14/h4,6-7,10-11,13,16H,2-3,5,8-9,12H2,1H3/t16-/m0/s1. The van der Waals surface area contributed by atoms with Gasteiger partial charge in [-0.3, -0.25) is 9.91 Å². The van der Waals surface area contributed by atoms with Crippen molar-refractivity contribution in [3.63, 3.8) is 0 Å². The van der Waals surface area contributed by atoms with Crippen molar-refractivity contribution >= 4 is 23.8 Å². The molecule has 0 radical (unpaired) electrons. The lowest BCUT2D eigenvalue weighted by molar-refractivity contribution is 0.136. The average molecular weight is 387 g/mol. The van der Waals surface area contributed by atoms with Crippen LogP contribution in [-0.2, 0) is 11.2 Å². The van der Waals surface area contributed by atoms with Crippen LogP contribution in [-0.4, -0.2) is 54.9 Å². The highest BCUT2D eigenvalue weighted by molar-refractivity contribution is 5.90. The second-order valence-electron chi connectivity index (χ2n) is 6.75. The van der Waals surface area contributed by atoms with E-state index in [1.807, 2.05) is 11.9 Å². The van der Waals surface area contributed by atoms with E-state index in [0.717, 1.165) is 18.8 Å². The Hall–Kier alpha value is -3.10. The van der Waals surface area contributed by atoms with E-state index >= 15 is 0 Å². The van der Waals surface area contributed by atoms with Crippen LogP contribution < -0.4 is 9.80 Å². The predicted octanol–water partition coefficient (Wildman–Crippen LogP) is 2.86. The first-order valence-electron chi connectivity index (χ1n) is 9.36. The van der Waals surface area contributed by atoms with Crippen molar-refractivity contribution in [2.75, 3.05) is 36.0 Å². The van der Waals surface area contributed by atoms with Gasteiger partial charge in [-0.15, -0.1) is 0 Å². The molecule has 2 aliphatic rings. The van der Waals surface area contributed by atoms with Gasteiger partial charge in [0.05, 0.1) is 30.2 Å². The zero-order valence-electron chi connectivity index (χ0n) is 15.6. The van der Waals surface area contributed by atoms with E-state index in [-0.39, 0.29) is 6.10 Å². The van der Waals surface area contributed by atoms with E-state index in [4.69, 9.17) is 9.26 Å². The molecule has 1 saturated heterocycles. The molecule has 1 aromatic heterocycles. The van der Waals surface area contributed by atoms with Crippen molar-refractivity contribution in [2.24, 2.45) is 5.10 Å². The Morgan fingerprint density at radius 3 is 2.86 bits per heavy atom. The van der Waals surface area contributed by atoms with Crippen LogP contribution in [0.5, 0.6) is 0 Å². The number of carbonyl (C=O) groups excluding carboxylic acids is 1. The van der Waals surface area contributed by atoms with Crippen LogP contribution in [0.1, 0.15) is 19.0 Å². The maximum atomic E-state index is 14.7. The van der Waals surface area contributed by atoms with Gasteiger partial charge < -0.3 is 14.2 Å². The predicted molar refractivity (Wildman–Crippen MR) is 102 cm³/mol. The third kappa shape index (κ3) is 3.78. The summed E-state index contributed by atoms with van der Waals surface area (Å²) in [5, 5.41) is 10.1. The fourth-order valence-corrected chi connectivity index (χ4v) is 3.35. The average Bonchev–Trinajstić information content (AvgIpc) is 3.36. The molecule has 0 bridgehead atoms. The van der Waals surface area contributed by atoms with Gasteiger partial charge in [-0.1, -0.05) is 5.16 Å². The van der Waals surface area contributed by atoms with Crippen molar-refractivity contribution < 1.29 is 18.4 Å². The minimum absolute atomic E-state index is 0.263. The summed E-state index contributed by atoms with van der Waals surface area (Å²) in [5.74, 6) is -0.396. The lowest BCUT2D eigenvalue weighted by Gasteiger charge is -2.29. The van der Waals surface area contributed by atoms with E-state index < -0.39 is 11.9 Å². The van der Waals surface area contributed by atoms with Gasteiger partial charge in [-0.05, 0) is 38.0 Å². The number of halogens is 1. The molecule has 0 unspecified atom stereocenters. The first kappa shape index (κ1) is 18.3. The Kier molecular flexibility index (Phi) is 5.14. The summed E-state index contributed by atoms with van der Waals surface area (Å²) in [6, 6.07) is 6.57. The summed E-state index contributed by atoms with van der Waals surface area (Å²) >= 11 is 0. The molecule has 2 aliphatic heterocycles. The van der Waals surface area contributed by atoms with Gasteiger partial charge in [0.25, 0.3) is 0 Å². The molecule has 1 amide bonds. The van der Waals surface area contributed by atoms with E-state index in [9.17, 15) is 9.18 Å². The van der Waals surface area contributed by atoms with Gasteiger partial charge in [-0.25, -0.2) is 9.18 Å². The summed E-state index contributed by atoms with van der Waals surface area (Å²) in [5.41, 5.74) is 1.74. The normalized spacial score (nSPS) is 19.4. The van der Waals surface area contributed by atoms with Crippen molar-refractivity contribution in [1.29, 1.82) is 0 Å². The van der Waals surface area contributed by atoms with Crippen LogP contribution in [0.15, 0.2) is 40.2 Å². The van der Waals surface area contributed by atoms with E-state index in [0.29, 0.717) is 37.3 Å². The molecule has 0 spiro atoms. The molecular weight excluding hydrogens is 365 g/mol. The molecule has 0 N–H and O–H groups in total. The molecule has 0 aliphatic carbocycles. The molecule has 1 atom stereocenters. The quantitative estimate of drug-likeness (QED) is 0.759. The Morgan fingerprint density at radius 2 is 2.18 bits per heavy atom. The lowest BCUT2D eigenvalue weighted by atomic mass is 10.1. The minimum atomic E-state index is -0.463. The Morgan fingerprint density at radius 1 is 1.29 bits per heavy atom. The fourth-order valence-electron chi connectivity index (χ4n) is 3.35. The number of ether oxygens (including phenoxy) is 1. The monoisotopic (exact) mass is 387 g/mol. The zero-order chi connectivity index (χ0) is 19.5. The smallest absolute Gasteiger partial charge is 0.414 e. The Labute approximate surface area is 162 Å². The maximum Gasteiger partial charge on any atom is 0.414 e. The molecule has 2 aromatic rings. The highest BCUT2D eigenvalue weighted by atomic mass is 19.1.